The molecule has 0 saturated carbocycles. The molecule has 3 rings (SSSR count). The van der Waals surface area contributed by atoms with Crippen LogP contribution in [0.5, 0.6) is 5.75 Å². The van der Waals surface area contributed by atoms with Gasteiger partial charge in [0.2, 0.25) is 5.91 Å². The van der Waals surface area contributed by atoms with Gasteiger partial charge in [-0.15, -0.1) is 11.3 Å². The first-order chi connectivity index (χ1) is 12.3. The molecule has 0 aliphatic carbocycles. The molecule has 25 heavy (non-hydrogen) atoms. The Morgan fingerprint density at radius 2 is 2.24 bits per heavy atom. The maximum Gasteiger partial charge on any atom is 0.226 e. The van der Waals surface area contributed by atoms with E-state index in [0.717, 1.165) is 17.0 Å². The molecule has 0 aliphatic heterocycles. The van der Waals surface area contributed by atoms with E-state index in [0.29, 0.717) is 31.1 Å². The summed E-state index contributed by atoms with van der Waals surface area (Å²) in [6.07, 6.45) is 4.23. The number of nitrogens with zero attached hydrogens (tertiary/aromatic N) is 4. The molecule has 0 atom stereocenters. The number of carbonyl (C=O) groups is 1. The molecule has 130 valence electrons. The molecule has 7 nitrogen and oxygen atoms in total. The van der Waals surface area contributed by atoms with Crippen LogP contribution in [0.4, 0.5) is 5.13 Å². The lowest BCUT2D eigenvalue weighted by molar-refractivity contribution is -0.116. The lowest BCUT2D eigenvalue weighted by Crippen LogP contribution is -2.12. The number of aromatic nitrogens is 4. The minimum atomic E-state index is -0.0564. The van der Waals surface area contributed by atoms with Gasteiger partial charge < -0.3 is 10.1 Å². The maximum absolute atomic E-state index is 12.0. The van der Waals surface area contributed by atoms with Crippen molar-refractivity contribution in [3.05, 3.63) is 42.3 Å². The first-order valence-corrected chi connectivity index (χ1v) is 8.94. The van der Waals surface area contributed by atoms with Gasteiger partial charge in [0.1, 0.15) is 18.4 Å². The lowest BCUT2D eigenvalue weighted by Gasteiger charge is -2.07. The third kappa shape index (κ3) is 4.63. The highest BCUT2D eigenvalue weighted by molar-refractivity contribution is 7.14. The zero-order valence-corrected chi connectivity index (χ0v) is 14.7. The average molecular weight is 357 g/mol. The zero-order valence-electron chi connectivity index (χ0n) is 13.9. The van der Waals surface area contributed by atoms with E-state index in [2.05, 4.69) is 20.4 Å². The van der Waals surface area contributed by atoms with E-state index in [1.807, 2.05) is 36.6 Å². The van der Waals surface area contributed by atoms with E-state index in [1.165, 1.54) is 17.7 Å². The Balaban J connectivity index is 1.57. The molecule has 3 aromatic rings. The van der Waals surface area contributed by atoms with Crippen molar-refractivity contribution >= 4 is 22.4 Å². The minimum absolute atomic E-state index is 0.0564. The molecule has 0 aliphatic rings. The van der Waals surface area contributed by atoms with Gasteiger partial charge in [0.15, 0.2) is 5.13 Å². The van der Waals surface area contributed by atoms with E-state index < -0.39 is 0 Å². The Bertz CT molecular complexity index is 816. The van der Waals surface area contributed by atoms with Crippen molar-refractivity contribution in [2.75, 3.05) is 11.9 Å². The summed E-state index contributed by atoms with van der Waals surface area (Å²) >= 11 is 1.40. The van der Waals surface area contributed by atoms with E-state index >= 15 is 0 Å². The molecule has 0 fully saturated rings. The number of thiazole rings is 1. The van der Waals surface area contributed by atoms with Gasteiger partial charge in [-0.1, -0.05) is 12.1 Å². The maximum atomic E-state index is 12.0. The summed E-state index contributed by atoms with van der Waals surface area (Å²) in [5, 5.41) is 9.36. The summed E-state index contributed by atoms with van der Waals surface area (Å²) in [6.45, 7) is 3.21. The standard InChI is InChI=1S/C17H19N5O2S/c1-2-24-15-7-4-3-6-13(15)14-10-25-17(20-14)21-16(23)8-5-9-22-12-18-11-19-22/h3-4,6-7,10-12H,2,5,8-9H2,1H3,(H,20,21,23). The smallest absolute Gasteiger partial charge is 0.226 e. The van der Waals surface area contributed by atoms with E-state index in [-0.39, 0.29) is 5.91 Å². The van der Waals surface area contributed by atoms with E-state index in [1.54, 1.807) is 11.0 Å². The van der Waals surface area contributed by atoms with Crippen molar-refractivity contribution in [2.45, 2.75) is 26.3 Å². The van der Waals surface area contributed by atoms with Crippen LogP contribution < -0.4 is 10.1 Å². The van der Waals surface area contributed by atoms with Crippen LogP contribution in [0.3, 0.4) is 0 Å². The fraction of sp³-hybridized carbons (Fsp3) is 0.294. The van der Waals surface area contributed by atoms with Gasteiger partial charge in [0.25, 0.3) is 0 Å². The van der Waals surface area contributed by atoms with Crippen molar-refractivity contribution in [2.24, 2.45) is 0 Å². The van der Waals surface area contributed by atoms with Crippen molar-refractivity contribution in [1.29, 1.82) is 0 Å². The van der Waals surface area contributed by atoms with Gasteiger partial charge in [-0.3, -0.25) is 9.48 Å². The molecular formula is C17H19N5O2S. The predicted molar refractivity (Wildman–Crippen MR) is 96.6 cm³/mol. The Labute approximate surface area is 149 Å². The van der Waals surface area contributed by atoms with Gasteiger partial charge >= 0.3 is 0 Å². The molecule has 1 N–H and O–H groups in total. The van der Waals surface area contributed by atoms with E-state index in [4.69, 9.17) is 4.74 Å². The highest BCUT2D eigenvalue weighted by Gasteiger charge is 2.11. The van der Waals surface area contributed by atoms with Crippen LogP contribution in [-0.2, 0) is 11.3 Å². The number of rotatable bonds is 8. The van der Waals surface area contributed by atoms with Crippen LogP contribution in [0.2, 0.25) is 0 Å². The second kappa shape index (κ2) is 8.39. The summed E-state index contributed by atoms with van der Waals surface area (Å²) in [7, 11) is 0. The summed E-state index contributed by atoms with van der Waals surface area (Å²) in [6, 6.07) is 7.75. The quantitative estimate of drug-likeness (QED) is 0.669. The van der Waals surface area contributed by atoms with Crippen LogP contribution in [0.25, 0.3) is 11.3 Å². The monoisotopic (exact) mass is 357 g/mol. The van der Waals surface area contributed by atoms with Gasteiger partial charge in [-0.2, -0.15) is 5.10 Å². The second-order valence-electron chi connectivity index (χ2n) is 5.28. The first kappa shape index (κ1) is 17.1. The Kier molecular flexibility index (Phi) is 5.73. The Morgan fingerprint density at radius 1 is 1.36 bits per heavy atom. The van der Waals surface area contributed by atoms with Gasteiger partial charge in [0.05, 0.1) is 12.3 Å². The van der Waals surface area contributed by atoms with Crippen LogP contribution >= 0.6 is 11.3 Å². The topological polar surface area (TPSA) is 81.9 Å². The van der Waals surface area contributed by atoms with E-state index in [9.17, 15) is 4.79 Å². The summed E-state index contributed by atoms with van der Waals surface area (Å²) in [5.74, 6) is 0.736. The first-order valence-electron chi connectivity index (χ1n) is 8.06. The number of para-hydroxylation sites is 1. The molecule has 0 radical (unpaired) electrons. The Morgan fingerprint density at radius 3 is 3.04 bits per heavy atom. The van der Waals surface area contributed by atoms with Crippen molar-refractivity contribution < 1.29 is 9.53 Å². The number of aryl methyl sites for hydroxylation is 1. The minimum Gasteiger partial charge on any atom is -0.493 e. The summed E-state index contributed by atoms with van der Waals surface area (Å²) < 4.78 is 7.34. The number of benzene rings is 1. The molecule has 2 aromatic heterocycles. The normalized spacial score (nSPS) is 10.6. The molecule has 8 heteroatoms. The summed E-state index contributed by atoms with van der Waals surface area (Å²) in [4.78, 5) is 20.4. The van der Waals surface area contributed by atoms with Crippen LogP contribution in [0.15, 0.2) is 42.3 Å². The number of amides is 1. The number of ether oxygens (including phenoxy) is 1. The molecule has 2 heterocycles. The van der Waals surface area contributed by atoms with Crippen molar-refractivity contribution in [3.63, 3.8) is 0 Å². The molecule has 0 spiro atoms. The van der Waals surface area contributed by atoms with Gasteiger partial charge in [0, 0.05) is 23.9 Å². The van der Waals surface area contributed by atoms with Crippen LogP contribution in [-0.4, -0.2) is 32.3 Å². The second-order valence-corrected chi connectivity index (χ2v) is 6.14. The number of nitrogens with one attached hydrogen (secondary N) is 1. The largest absolute Gasteiger partial charge is 0.493 e. The van der Waals surface area contributed by atoms with Gasteiger partial charge in [-0.05, 0) is 25.5 Å². The molecule has 0 unspecified atom stereocenters. The van der Waals surface area contributed by atoms with Crippen LogP contribution in [0.1, 0.15) is 19.8 Å². The summed E-state index contributed by atoms with van der Waals surface area (Å²) in [5.41, 5.74) is 1.72. The number of anilines is 1. The molecular weight excluding hydrogens is 338 g/mol. The van der Waals surface area contributed by atoms with Crippen molar-refractivity contribution in [3.8, 4) is 17.0 Å². The molecule has 0 bridgehead atoms. The number of carbonyl (C=O) groups excluding carboxylic acids is 1. The zero-order chi connectivity index (χ0) is 17.5. The average Bonchev–Trinajstić information content (AvgIpc) is 3.28. The SMILES string of the molecule is CCOc1ccccc1-c1csc(NC(=O)CCCn2cncn2)n1. The molecule has 1 amide bonds. The lowest BCUT2D eigenvalue weighted by atomic mass is 10.1. The number of hydrogen-bond acceptors (Lipinski definition) is 6. The highest BCUT2D eigenvalue weighted by Crippen LogP contribution is 2.32. The fourth-order valence-corrected chi connectivity index (χ4v) is 3.07. The third-order valence-electron chi connectivity index (χ3n) is 3.47. The molecule has 1 aromatic carbocycles. The number of hydrogen-bond donors (Lipinski definition) is 1. The third-order valence-corrected chi connectivity index (χ3v) is 4.23. The highest BCUT2D eigenvalue weighted by atomic mass is 32.1. The molecule has 0 saturated heterocycles. The fourth-order valence-electron chi connectivity index (χ4n) is 2.35. The van der Waals surface area contributed by atoms with Gasteiger partial charge in [-0.25, -0.2) is 9.97 Å². The Hall–Kier alpha value is -2.74. The van der Waals surface area contributed by atoms with Crippen LogP contribution in [0, 0.1) is 0 Å². The van der Waals surface area contributed by atoms with Crippen molar-refractivity contribution in [1.82, 2.24) is 19.7 Å². The predicted octanol–water partition coefficient (Wildman–Crippen LogP) is 3.22.